The Bertz CT molecular complexity index is 1100. The molecule has 5 rings (SSSR count). The van der Waals surface area contributed by atoms with Crippen LogP contribution in [0.25, 0.3) is 16.3 Å². The first-order chi connectivity index (χ1) is 12.6. The number of fused-ring (bicyclic) bond motifs is 5. The van der Waals surface area contributed by atoms with Gasteiger partial charge in [-0.05, 0) is 63.9 Å². The van der Waals surface area contributed by atoms with Gasteiger partial charge >= 0.3 is 0 Å². The Balaban J connectivity index is 0.00000180. The molecule has 0 nitrogen and oxygen atoms in total. The Kier molecular flexibility index (Phi) is 3.96. The molecule has 0 aliphatic heterocycles. The number of allylic oxidation sites excluding steroid dienone is 4. The van der Waals surface area contributed by atoms with Crippen molar-refractivity contribution in [3.8, 4) is 0 Å². The third kappa shape index (κ3) is 2.29. The average molecular weight is 351 g/mol. The predicted molar refractivity (Wildman–Crippen MR) is 118 cm³/mol. The highest BCUT2D eigenvalue weighted by Crippen LogP contribution is 2.57. The van der Waals surface area contributed by atoms with E-state index < -0.39 is 0 Å². The molecular formula is C27H26. The van der Waals surface area contributed by atoms with E-state index in [1.165, 1.54) is 44.2 Å². The summed E-state index contributed by atoms with van der Waals surface area (Å²) in [5.74, 6) is 0. The lowest BCUT2D eigenvalue weighted by molar-refractivity contribution is 0.568. The molecule has 0 N–H and O–H groups in total. The lowest BCUT2D eigenvalue weighted by atomic mass is 9.74. The number of aryl methyl sites for hydroxylation is 1. The van der Waals surface area contributed by atoms with Crippen LogP contribution < -0.4 is 0 Å². The van der Waals surface area contributed by atoms with Crippen LogP contribution in [0.1, 0.15) is 35.2 Å². The summed E-state index contributed by atoms with van der Waals surface area (Å²) in [6, 6.07) is 20.2. The lowest BCUT2D eigenvalue weighted by Crippen LogP contribution is -2.26. The summed E-state index contributed by atoms with van der Waals surface area (Å²) in [6.07, 6.45) is 6.20. The maximum absolute atomic E-state index is 4.49. The van der Waals surface area contributed by atoms with Gasteiger partial charge in [0.1, 0.15) is 0 Å². The normalized spacial score (nSPS) is 17.8. The molecule has 0 amide bonds. The minimum Gasteiger partial charge on any atom is -0.0991 e. The van der Waals surface area contributed by atoms with Gasteiger partial charge in [-0.3, -0.25) is 0 Å². The van der Waals surface area contributed by atoms with Gasteiger partial charge in [0, 0.05) is 5.41 Å². The zero-order valence-corrected chi connectivity index (χ0v) is 15.2. The Morgan fingerprint density at radius 1 is 0.963 bits per heavy atom. The van der Waals surface area contributed by atoms with Gasteiger partial charge in [0.25, 0.3) is 0 Å². The van der Waals surface area contributed by atoms with Crippen molar-refractivity contribution in [1.82, 2.24) is 0 Å². The second kappa shape index (κ2) is 6.09. The van der Waals surface area contributed by atoms with E-state index in [1.807, 2.05) is 6.08 Å². The molecule has 0 unspecified atom stereocenters. The molecule has 3 aromatic rings. The van der Waals surface area contributed by atoms with Crippen molar-refractivity contribution >= 4 is 16.3 Å². The van der Waals surface area contributed by atoms with Crippen LogP contribution in [0.5, 0.6) is 0 Å². The highest BCUT2D eigenvalue weighted by Gasteiger charge is 2.49. The Labute approximate surface area is 162 Å². The molecule has 2 aliphatic rings. The number of rotatable bonds is 1. The van der Waals surface area contributed by atoms with Gasteiger partial charge in [-0.15, -0.1) is 0 Å². The highest BCUT2D eigenvalue weighted by atomic mass is 14.5. The molecule has 3 aromatic carbocycles. The van der Waals surface area contributed by atoms with Crippen molar-refractivity contribution in [3.05, 3.63) is 113 Å². The second-order valence-corrected chi connectivity index (χ2v) is 7.71. The Hall–Kier alpha value is -2.86. The fourth-order valence-electron chi connectivity index (χ4n) is 5.15. The molecule has 2 aliphatic carbocycles. The monoisotopic (exact) mass is 350 g/mol. The van der Waals surface area contributed by atoms with Crippen LogP contribution in [0.4, 0.5) is 0 Å². The molecule has 0 heterocycles. The third-order valence-corrected chi connectivity index (χ3v) is 6.21. The van der Waals surface area contributed by atoms with Crippen molar-refractivity contribution in [1.29, 1.82) is 0 Å². The van der Waals surface area contributed by atoms with E-state index in [4.69, 9.17) is 0 Å². The first-order valence-corrected chi connectivity index (χ1v) is 9.27. The summed E-state index contributed by atoms with van der Waals surface area (Å²) in [4.78, 5) is 0. The summed E-state index contributed by atoms with van der Waals surface area (Å²) < 4.78 is 0. The van der Waals surface area contributed by atoms with Crippen LogP contribution in [0.2, 0.25) is 0 Å². The van der Waals surface area contributed by atoms with Gasteiger partial charge in [-0.2, -0.15) is 0 Å². The first kappa shape index (κ1) is 17.5. The van der Waals surface area contributed by atoms with Crippen LogP contribution in [-0.2, 0) is 18.3 Å². The molecule has 0 aromatic heterocycles. The molecular weight excluding hydrogens is 324 g/mol. The zero-order valence-electron chi connectivity index (χ0n) is 15.2. The van der Waals surface area contributed by atoms with Crippen molar-refractivity contribution < 1.29 is 0 Å². The van der Waals surface area contributed by atoms with E-state index in [0.717, 1.165) is 18.4 Å². The summed E-state index contributed by atoms with van der Waals surface area (Å²) in [5.41, 5.74) is 9.49. The van der Waals surface area contributed by atoms with E-state index in [0.29, 0.717) is 0 Å². The van der Waals surface area contributed by atoms with Crippen LogP contribution in [0.3, 0.4) is 0 Å². The fourth-order valence-corrected chi connectivity index (χ4v) is 5.15. The average Bonchev–Trinajstić information content (AvgIpc) is 3.13. The Morgan fingerprint density at radius 3 is 2.33 bits per heavy atom. The largest absolute Gasteiger partial charge is 0.0991 e. The summed E-state index contributed by atoms with van der Waals surface area (Å²) >= 11 is 0. The van der Waals surface area contributed by atoms with E-state index in [-0.39, 0.29) is 12.8 Å². The fraction of sp³-hybridized carbons (Fsp3) is 0.185. The molecule has 1 spiro atoms. The standard InChI is InChI=1S/C26H22.CH4/c1-4-7-24-18(3)22-13-11-19-14-17(2)10-12-23(19)25(22)26(24)15-20-8-5-6-9-21(20)16-26;/h4-14H,1,3,15-16H2,2H3;1H4/b24-7+;. The van der Waals surface area contributed by atoms with Crippen LogP contribution in [0, 0.1) is 6.92 Å². The highest BCUT2D eigenvalue weighted by molar-refractivity contribution is 6.00. The molecule has 0 atom stereocenters. The maximum atomic E-state index is 4.49. The molecule has 0 bridgehead atoms. The van der Waals surface area contributed by atoms with Crippen LogP contribution in [-0.4, -0.2) is 0 Å². The topological polar surface area (TPSA) is 0 Å². The number of hydrogen-bond acceptors (Lipinski definition) is 0. The molecule has 0 saturated carbocycles. The third-order valence-electron chi connectivity index (χ3n) is 6.21. The SMILES string of the molecule is C.C=C/C=C1\C(=C)c2ccc3cc(C)ccc3c2C12Cc1ccccc1C2. The summed E-state index contributed by atoms with van der Waals surface area (Å²) in [7, 11) is 0. The molecule has 0 fully saturated rings. The van der Waals surface area contributed by atoms with E-state index in [1.54, 1.807) is 0 Å². The van der Waals surface area contributed by atoms with E-state index >= 15 is 0 Å². The van der Waals surface area contributed by atoms with Crippen LogP contribution >= 0.6 is 0 Å². The van der Waals surface area contributed by atoms with Gasteiger partial charge < -0.3 is 0 Å². The summed E-state index contributed by atoms with van der Waals surface area (Å²) in [6.45, 7) is 10.6. The first-order valence-electron chi connectivity index (χ1n) is 9.27. The molecule has 0 radical (unpaired) electrons. The molecule has 0 heteroatoms. The zero-order chi connectivity index (χ0) is 17.9. The number of hydrogen-bond donors (Lipinski definition) is 0. The van der Waals surface area contributed by atoms with Gasteiger partial charge in [0.2, 0.25) is 0 Å². The minimum absolute atomic E-state index is 0. The molecule has 0 saturated heterocycles. The van der Waals surface area contributed by atoms with Crippen molar-refractivity contribution in [2.45, 2.75) is 32.6 Å². The second-order valence-electron chi connectivity index (χ2n) is 7.71. The minimum atomic E-state index is -0.0148. The Morgan fingerprint density at radius 2 is 1.67 bits per heavy atom. The van der Waals surface area contributed by atoms with Gasteiger partial charge in [0.05, 0.1) is 0 Å². The summed E-state index contributed by atoms with van der Waals surface area (Å²) in [5, 5.41) is 2.70. The van der Waals surface area contributed by atoms with Crippen molar-refractivity contribution in [3.63, 3.8) is 0 Å². The lowest BCUT2D eigenvalue weighted by Gasteiger charge is -2.28. The van der Waals surface area contributed by atoms with E-state index in [2.05, 4.69) is 80.8 Å². The quantitative estimate of drug-likeness (QED) is 0.445. The van der Waals surface area contributed by atoms with Gasteiger partial charge in [0.15, 0.2) is 0 Å². The van der Waals surface area contributed by atoms with Gasteiger partial charge in [-0.25, -0.2) is 0 Å². The maximum Gasteiger partial charge on any atom is 0.0301 e. The van der Waals surface area contributed by atoms with Crippen LogP contribution in [0.15, 0.2) is 85.5 Å². The smallest absolute Gasteiger partial charge is 0.0301 e. The molecule has 134 valence electrons. The number of benzene rings is 3. The van der Waals surface area contributed by atoms with Crippen molar-refractivity contribution in [2.75, 3.05) is 0 Å². The van der Waals surface area contributed by atoms with Gasteiger partial charge in [-0.1, -0.05) is 92.9 Å². The molecule has 27 heavy (non-hydrogen) atoms. The van der Waals surface area contributed by atoms with Crippen molar-refractivity contribution in [2.24, 2.45) is 0 Å². The predicted octanol–water partition coefficient (Wildman–Crippen LogP) is 6.96. The van der Waals surface area contributed by atoms with E-state index in [9.17, 15) is 0 Å².